The molecule has 2 aromatic carbocycles. The van der Waals surface area contributed by atoms with Crippen LogP contribution in [0, 0.1) is 0 Å². The second kappa shape index (κ2) is 7.33. The van der Waals surface area contributed by atoms with Crippen LogP contribution >= 0.6 is 0 Å². The lowest BCUT2D eigenvalue weighted by atomic mass is 10.1. The molecule has 0 saturated carbocycles. The van der Waals surface area contributed by atoms with Crippen molar-refractivity contribution in [2.75, 3.05) is 19.0 Å². The van der Waals surface area contributed by atoms with Crippen molar-refractivity contribution in [3.05, 3.63) is 79.1 Å². The molecule has 0 aliphatic carbocycles. The van der Waals surface area contributed by atoms with E-state index in [0.717, 1.165) is 33.8 Å². The smallest absolute Gasteiger partial charge is 0.182 e. The second-order valence-corrected chi connectivity index (χ2v) is 6.38. The Kier molecular flexibility index (Phi) is 4.58. The standard InChI is InChI=1S/C22H19N5/c1-27(2)19-12-10-17(11-13-19)22-24-20(18-9-6-14-23-15-18)21(25-26-22)16-7-4-3-5-8-16/h3-15H,1-2H3. The number of benzene rings is 2. The first-order valence-electron chi connectivity index (χ1n) is 8.70. The molecule has 5 nitrogen and oxygen atoms in total. The van der Waals surface area contributed by atoms with Gasteiger partial charge in [0.1, 0.15) is 11.4 Å². The molecule has 5 heteroatoms. The van der Waals surface area contributed by atoms with Crippen LogP contribution in [0.2, 0.25) is 0 Å². The molecule has 0 fully saturated rings. The molecule has 4 rings (SSSR count). The summed E-state index contributed by atoms with van der Waals surface area (Å²) in [5, 5.41) is 8.90. The molecule has 0 spiro atoms. The van der Waals surface area contributed by atoms with Crippen molar-refractivity contribution < 1.29 is 0 Å². The van der Waals surface area contributed by atoms with Crippen molar-refractivity contribution in [3.8, 4) is 33.9 Å². The van der Waals surface area contributed by atoms with Gasteiger partial charge in [-0.3, -0.25) is 4.98 Å². The third-order valence-electron chi connectivity index (χ3n) is 4.31. The van der Waals surface area contributed by atoms with E-state index >= 15 is 0 Å². The van der Waals surface area contributed by atoms with Crippen LogP contribution in [-0.2, 0) is 0 Å². The summed E-state index contributed by atoms with van der Waals surface area (Å²) in [6.45, 7) is 0. The summed E-state index contributed by atoms with van der Waals surface area (Å²) in [6.07, 6.45) is 3.55. The van der Waals surface area contributed by atoms with Gasteiger partial charge in [-0.05, 0) is 36.4 Å². The number of nitrogens with zero attached hydrogens (tertiary/aromatic N) is 5. The number of hydrogen-bond donors (Lipinski definition) is 0. The van der Waals surface area contributed by atoms with Gasteiger partial charge in [0.25, 0.3) is 0 Å². The minimum atomic E-state index is 0.596. The van der Waals surface area contributed by atoms with Crippen LogP contribution in [0.4, 0.5) is 5.69 Å². The van der Waals surface area contributed by atoms with Crippen molar-refractivity contribution in [2.45, 2.75) is 0 Å². The molecule has 0 bridgehead atoms. The molecule has 0 N–H and O–H groups in total. The summed E-state index contributed by atoms with van der Waals surface area (Å²) in [4.78, 5) is 11.1. The highest BCUT2D eigenvalue weighted by molar-refractivity contribution is 5.78. The molecule has 0 atom stereocenters. The van der Waals surface area contributed by atoms with E-state index in [4.69, 9.17) is 4.98 Å². The maximum absolute atomic E-state index is 4.84. The summed E-state index contributed by atoms with van der Waals surface area (Å²) in [5.74, 6) is 0.596. The van der Waals surface area contributed by atoms with Crippen molar-refractivity contribution >= 4 is 5.69 Å². The van der Waals surface area contributed by atoms with E-state index in [2.05, 4.69) is 20.1 Å². The molecule has 4 aromatic rings. The first-order valence-corrected chi connectivity index (χ1v) is 8.70. The zero-order valence-corrected chi connectivity index (χ0v) is 15.2. The Bertz CT molecular complexity index is 1030. The molecule has 0 unspecified atom stereocenters. The molecule has 0 radical (unpaired) electrons. The van der Waals surface area contributed by atoms with Crippen molar-refractivity contribution in [2.24, 2.45) is 0 Å². The van der Waals surface area contributed by atoms with E-state index in [1.54, 1.807) is 12.4 Å². The monoisotopic (exact) mass is 353 g/mol. The average molecular weight is 353 g/mol. The number of aromatic nitrogens is 4. The lowest BCUT2D eigenvalue weighted by Crippen LogP contribution is -2.08. The van der Waals surface area contributed by atoms with Crippen molar-refractivity contribution in [3.63, 3.8) is 0 Å². The number of anilines is 1. The first-order chi connectivity index (χ1) is 13.2. The maximum atomic E-state index is 4.84. The lowest BCUT2D eigenvalue weighted by molar-refractivity contribution is 0.990. The van der Waals surface area contributed by atoms with Crippen LogP contribution < -0.4 is 4.90 Å². The Morgan fingerprint density at radius 1 is 0.667 bits per heavy atom. The third kappa shape index (κ3) is 3.53. The van der Waals surface area contributed by atoms with E-state index in [0.29, 0.717) is 5.82 Å². The van der Waals surface area contributed by atoms with Crippen LogP contribution in [0.15, 0.2) is 79.1 Å². The summed E-state index contributed by atoms with van der Waals surface area (Å²) in [7, 11) is 4.03. The minimum Gasteiger partial charge on any atom is -0.378 e. The minimum absolute atomic E-state index is 0.596. The maximum Gasteiger partial charge on any atom is 0.182 e. The second-order valence-electron chi connectivity index (χ2n) is 6.38. The molecule has 2 aromatic heterocycles. The van der Waals surface area contributed by atoms with Gasteiger partial charge >= 0.3 is 0 Å². The summed E-state index contributed by atoms with van der Waals surface area (Å²) in [6, 6.07) is 22.0. The molecular formula is C22H19N5. The van der Waals surface area contributed by atoms with Gasteiger partial charge < -0.3 is 4.90 Å². The molecule has 27 heavy (non-hydrogen) atoms. The zero-order valence-electron chi connectivity index (χ0n) is 15.2. The van der Waals surface area contributed by atoms with Crippen LogP contribution in [-0.4, -0.2) is 34.3 Å². The molecule has 0 saturated heterocycles. The molecule has 132 valence electrons. The van der Waals surface area contributed by atoms with Gasteiger partial charge in [-0.25, -0.2) is 4.98 Å². The predicted octanol–water partition coefficient (Wildman–Crippen LogP) is 4.33. The van der Waals surface area contributed by atoms with Gasteiger partial charge in [-0.15, -0.1) is 10.2 Å². The van der Waals surface area contributed by atoms with Gasteiger partial charge in [-0.2, -0.15) is 0 Å². The molecule has 0 aliphatic rings. The van der Waals surface area contributed by atoms with Crippen LogP contribution in [0.3, 0.4) is 0 Å². The van der Waals surface area contributed by atoms with Gasteiger partial charge in [0.05, 0.1) is 0 Å². The summed E-state index contributed by atoms with van der Waals surface area (Å²) < 4.78 is 0. The van der Waals surface area contributed by atoms with Crippen LogP contribution in [0.1, 0.15) is 0 Å². The molecule has 0 aliphatic heterocycles. The van der Waals surface area contributed by atoms with Gasteiger partial charge in [0, 0.05) is 48.9 Å². The fraction of sp³-hybridized carbons (Fsp3) is 0.0909. The lowest BCUT2D eigenvalue weighted by Gasteiger charge is -2.13. The third-order valence-corrected chi connectivity index (χ3v) is 4.31. The van der Waals surface area contributed by atoms with Gasteiger partial charge in [0.2, 0.25) is 0 Å². The Hall–Kier alpha value is -3.60. The van der Waals surface area contributed by atoms with Crippen molar-refractivity contribution in [1.82, 2.24) is 20.2 Å². The Morgan fingerprint density at radius 2 is 1.41 bits per heavy atom. The van der Waals surface area contributed by atoms with E-state index in [1.165, 1.54) is 0 Å². The van der Waals surface area contributed by atoms with Gasteiger partial charge in [0.15, 0.2) is 5.82 Å². The molecule has 2 heterocycles. The SMILES string of the molecule is CN(C)c1ccc(-c2nnc(-c3ccccc3)c(-c3cccnc3)n2)cc1. The Balaban J connectivity index is 1.84. The fourth-order valence-corrected chi connectivity index (χ4v) is 2.85. The van der Waals surface area contributed by atoms with E-state index in [-0.39, 0.29) is 0 Å². The highest BCUT2D eigenvalue weighted by atomic mass is 15.2. The normalized spacial score (nSPS) is 10.6. The zero-order chi connectivity index (χ0) is 18.6. The van der Waals surface area contributed by atoms with Crippen molar-refractivity contribution in [1.29, 1.82) is 0 Å². The molecular weight excluding hydrogens is 334 g/mol. The van der Waals surface area contributed by atoms with Crippen LogP contribution in [0.25, 0.3) is 33.9 Å². The average Bonchev–Trinajstić information content (AvgIpc) is 2.74. The number of hydrogen-bond acceptors (Lipinski definition) is 5. The number of pyridine rings is 1. The highest BCUT2D eigenvalue weighted by Crippen LogP contribution is 2.29. The van der Waals surface area contributed by atoms with E-state index < -0.39 is 0 Å². The van der Waals surface area contributed by atoms with Gasteiger partial charge in [-0.1, -0.05) is 30.3 Å². The quantitative estimate of drug-likeness (QED) is 0.546. The summed E-state index contributed by atoms with van der Waals surface area (Å²) >= 11 is 0. The van der Waals surface area contributed by atoms with Crippen LogP contribution in [0.5, 0.6) is 0 Å². The highest BCUT2D eigenvalue weighted by Gasteiger charge is 2.14. The largest absolute Gasteiger partial charge is 0.378 e. The number of rotatable bonds is 4. The topological polar surface area (TPSA) is 54.8 Å². The fourth-order valence-electron chi connectivity index (χ4n) is 2.85. The van der Waals surface area contributed by atoms with E-state index in [9.17, 15) is 0 Å². The predicted molar refractivity (Wildman–Crippen MR) is 108 cm³/mol. The summed E-state index contributed by atoms with van der Waals surface area (Å²) in [5.41, 5.74) is 5.47. The molecule has 0 amide bonds. The van der Waals surface area contributed by atoms with E-state index in [1.807, 2.05) is 80.8 Å². The first kappa shape index (κ1) is 16.8. The Morgan fingerprint density at radius 3 is 2.07 bits per heavy atom. The Labute approximate surface area is 158 Å².